The number of carbonyl (C=O) groups is 2. The van der Waals surface area contributed by atoms with Crippen LogP contribution in [0.2, 0.25) is 0 Å². The highest BCUT2D eigenvalue weighted by molar-refractivity contribution is 5.96. The molecule has 1 fully saturated rings. The number of hydrogen-bond donors (Lipinski definition) is 2. The van der Waals surface area contributed by atoms with E-state index in [1.54, 1.807) is 12.1 Å². The molecule has 0 unspecified atom stereocenters. The molecular formula is C23H20N2O2. The topological polar surface area (TPSA) is 58.2 Å². The van der Waals surface area contributed by atoms with E-state index in [-0.39, 0.29) is 23.7 Å². The second kappa shape index (κ2) is 7.46. The summed E-state index contributed by atoms with van der Waals surface area (Å²) in [5, 5.41) is 0. The van der Waals surface area contributed by atoms with Gasteiger partial charge in [-0.2, -0.15) is 0 Å². The van der Waals surface area contributed by atoms with E-state index in [0.717, 1.165) is 17.5 Å². The SMILES string of the molecule is O=C(NNC(=O)[C@H]1C[C@@H]1c1ccccc1)c1ccc(-c2ccccc2)cc1. The molecule has 4 rings (SSSR count). The third-order valence-corrected chi connectivity index (χ3v) is 4.91. The van der Waals surface area contributed by atoms with E-state index in [9.17, 15) is 9.59 Å². The van der Waals surface area contributed by atoms with Crippen LogP contribution in [0.3, 0.4) is 0 Å². The molecule has 134 valence electrons. The van der Waals surface area contributed by atoms with Crippen molar-refractivity contribution in [2.45, 2.75) is 12.3 Å². The van der Waals surface area contributed by atoms with E-state index in [1.807, 2.05) is 72.8 Å². The zero-order valence-electron chi connectivity index (χ0n) is 14.8. The first-order valence-electron chi connectivity index (χ1n) is 9.03. The fourth-order valence-corrected chi connectivity index (χ4v) is 3.28. The summed E-state index contributed by atoms with van der Waals surface area (Å²) in [4.78, 5) is 24.5. The fraction of sp³-hybridized carbons (Fsp3) is 0.130. The predicted molar refractivity (Wildman–Crippen MR) is 105 cm³/mol. The Bertz CT molecular complexity index is 937. The lowest BCUT2D eigenvalue weighted by Crippen LogP contribution is -2.42. The van der Waals surface area contributed by atoms with Gasteiger partial charge in [0.1, 0.15) is 0 Å². The molecule has 27 heavy (non-hydrogen) atoms. The van der Waals surface area contributed by atoms with Crippen LogP contribution in [0.5, 0.6) is 0 Å². The van der Waals surface area contributed by atoms with Gasteiger partial charge in [-0.3, -0.25) is 20.4 Å². The molecule has 0 aromatic heterocycles. The van der Waals surface area contributed by atoms with Gasteiger partial charge < -0.3 is 0 Å². The minimum Gasteiger partial charge on any atom is -0.273 e. The number of carbonyl (C=O) groups excluding carboxylic acids is 2. The highest BCUT2D eigenvalue weighted by Crippen LogP contribution is 2.47. The Morgan fingerprint density at radius 2 is 1.30 bits per heavy atom. The summed E-state index contributed by atoms with van der Waals surface area (Å²) in [6, 6.07) is 27.3. The summed E-state index contributed by atoms with van der Waals surface area (Å²) in [5.41, 5.74) is 8.87. The number of rotatable bonds is 4. The minimum atomic E-state index is -0.320. The van der Waals surface area contributed by atoms with Crippen LogP contribution < -0.4 is 10.9 Å². The number of benzene rings is 3. The van der Waals surface area contributed by atoms with Crippen LogP contribution in [0.1, 0.15) is 28.3 Å². The average Bonchev–Trinajstić information content (AvgIpc) is 3.54. The van der Waals surface area contributed by atoms with Crippen molar-refractivity contribution in [3.8, 4) is 11.1 Å². The molecule has 1 aliphatic rings. The lowest BCUT2D eigenvalue weighted by atomic mass is 10.0. The van der Waals surface area contributed by atoms with E-state index in [4.69, 9.17) is 0 Å². The maximum absolute atomic E-state index is 12.3. The lowest BCUT2D eigenvalue weighted by molar-refractivity contribution is -0.123. The molecule has 0 radical (unpaired) electrons. The second-order valence-corrected chi connectivity index (χ2v) is 6.75. The fourth-order valence-electron chi connectivity index (χ4n) is 3.28. The highest BCUT2D eigenvalue weighted by atomic mass is 16.2. The second-order valence-electron chi connectivity index (χ2n) is 6.75. The summed E-state index contributed by atoms with van der Waals surface area (Å²) in [6.07, 6.45) is 0.817. The van der Waals surface area contributed by atoms with E-state index < -0.39 is 0 Å². The van der Waals surface area contributed by atoms with Crippen molar-refractivity contribution >= 4 is 11.8 Å². The molecular weight excluding hydrogens is 336 g/mol. The van der Waals surface area contributed by atoms with Crippen molar-refractivity contribution in [1.82, 2.24) is 10.9 Å². The quantitative estimate of drug-likeness (QED) is 0.696. The molecule has 0 aliphatic heterocycles. The first kappa shape index (κ1) is 17.0. The minimum absolute atomic E-state index is 0.0758. The van der Waals surface area contributed by atoms with Gasteiger partial charge in [0, 0.05) is 11.5 Å². The zero-order chi connectivity index (χ0) is 18.6. The monoisotopic (exact) mass is 356 g/mol. The summed E-state index contributed by atoms with van der Waals surface area (Å²) < 4.78 is 0. The Morgan fingerprint density at radius 3 is 1.96 bits per heavy atom. The van der Waals surface area contributed by atoms with Crippen molar-refractivity contribution in [1.29, 1.82) is 0 Å². The van der Waals surface area contributed by atoms with Crippen LogP contribution in [-0.2, 0) is 4.79 Å². The molecule has 0 saturated heterocycles. The molecule has 4 heteroatoms. The van der Waals surface area contributed by atoms with Crippen LogP contribution in [0.25, 0.3) is 11.1 Å². The van der Waals surface area contributed by atoms with Crippen molar-refractivity contribution in [3.63, 3.8) is 0 Å². The molecule has 2 N–H and O–H groups in total. The van der Waals surface area contributed by atoms with Gasteiger partial charge >= 0.3 is 0 Å². The Labute approximate surface area is 158 Å². The van der Waals surface area contributed by atoms with E-state index in [2.05, 4.69) is 10.9 Å². The van der Waals surface area contributed by atoms with E-state index >= 15 is 0 Å². The maximum atomic E-state index is 12.3. The van der Waals surface area contributed by atoms with Gasteiger partial charge in [0.25, 0.3) is 5.91 Å². The zero-order valence-corrected chi connectivity index (χ0v) is 14.8. The average molecular weight is 356 g/mol. The van der Waals surface area contributed by atoms with Crippen LogP contribution in [0.4, 0.5) is 0 Å². The predicted octanol–water partition coefficient (Wildman–Crippen LogP) is 3.92. The van der Waals surface area contributed by atoms with Gasteiger partial charge in [-0.15, -0.1) is 0 Å². The Hall–Kier alpha value is -3.40. The van der Waals surface area contributed by atoms with Gasteiger partial charge in [-0.25, -0.2) is 0 Å². The van der Waals surface area contributed by atoms with Crippen LogP contribution in [0.15, 0.2) is 84.9 Å². The van der Waals surface area contributed by atoms with E-state index in [1.165, 1.54) is 5.56 Å². The smallest absolute Gasteiger partial charge is 0.269 e. The Kier molecular flexibility index (Phi) is 4.71. The van der Waals surface area contributed by atoms with Crippen molar-refractivity contribution < 1.29 is 9.59 Å². The lowest BCUT2D eigenvalue weighted by Gasteiger charge is -2.08. The Balaban J connectivity index is 1.31. The van der Waals surface area contributed by atoms with Crippen molar-refractivity contribution in [2.24, 2.45) is 5.92 Å². The molecule has 0 heterocycles. The first-order chi connectivity index (χ1) is 13.2. The normalized spacial score (nSPS) is 17.8. The number of hydrazine groups is 1. The number of hydrogen-bond acceptors (Lipinski definition) is 2. The molecule has 4 nitrogen and oxygen atoms in total. The van der Waals surface area contributed by atoms with Crippen LogP contribution >= 0.6 is 0 Å². The third kappa shape index (κ3) is 3.90. The standard InChI is InChI=1S/C23H20N2O2/c26-22(19-13-11-17(12-14-19)16-7-3-1-4-8-16)24-25-23(27)21-15-20(21)18-9-5-2-6-10-18/h1-14,20-21H,15H2,(H,24,26)(H,25,27)/t20-,21+/m1/s1. The molecule has 2 amide bonds. The number of nitrogens with one attached hydrogen (secondary N) is 2. The molecule has 1 saturated carbocycles. The molecule has 0 bridgehead atoms. The van der Waals surface area contributed by atoms with Crippen LogP contribution in [-0.4, -0.2) is 11.8 Å². The van der Waals surface area contributed by atoms with Crippen LogP contribution in [0, 0.1) is 5.92 Å². The van der Waals surface area contributed by atoms with Gasteiger partial charge in [-0.1, -0.05) is 72.8 Å². The maximum Gasteiger partial charge on any atom is 0.269 e. The van der Waals surface area contributed by atoms with Gasteiger partial charge in [0.2, 0.25) is 5.91 Å². The summed E-state index contributed by atoms with van der Waals surface area (Å²) in [5.74, 6) is -0.292. The van der Waals surface area contributed by atoms with Crippen molar-refractivity contribution in [3.05, 3.63) is 96.1 Å². The summed E-state index contributed by atoms with van der Waals surface area (Å²) in [7, 11) is 0. The number of amides is 2. The van der Waals surface area contributed by atoms with Gasteiger partial charge in [-0.05, 0) is 41.2 Å². The third-order valence-electron chi connectivity index (χ3n) is 4.91. The Morgan fingerprint density at radius 1 is 0.704 bits per heavy atom. The highest BCUT2D eigenvalue weighted by Gasteiger charge is 2.43. The summed E-state index contributed by atoms with van der Waals surface area (Å²) >= 11 is 0. The molecule has 3 aromatic carbocycles. The van der Waals surface area contributed by atoms with Gasteiger partial charge in [0.15, 0.2) is 0 Å². The molecule has 2 atom stereocenters. The summed E-state index contributed by atoms with van der Waals surface area (Å²) in [6.45, 7) is 0. The van der Waals surface area contributed by atoms with E-state index in [0.29, 0.717) is 5.56 Å². The first-order valence-corrected chi connectivity index (χ1v) is 9.03. The largest absolute Gasteiger partial charge is 0.273 e. The molecule has 3 aromatic rings. The van der Waals surface area contributed by atoms with Crippen molar-refractivity contribution in [2.75, 3.05) is 0 Å². The molecule has 1 aliphatic carbocycles. The molecule has 0 spiro atoms. The van der Waals surface area contributed by atoms with Gasteiger partial charge in [0.05, 0.1) is 0 Å².